The van der Waals surface area contributed by atoms with E-state index < -0.39 is 20.0 Å². The molecule has 472 valence electrons. The van der Waals surface area contributed by atoms with Crippen LogP contribution in [0.15, 0.2) is 12.2 Å². The second-order valence-electron chi connectivity index (χ2n) is 26.0. The minimum Gasteiger partial charge on any atom is -0.387 e. The van der Waals surface area contributed by atoms with Crippen LogP contribution < -0.4 is 5.32 Å². The lowest BCUT2D eigenvalue weighted by Gasteiger charge is -2.25. The van der Waals surface area contributed by atoms with Crippen molar-refractivity contribution in [2.75, 3.05) is 40.9 Å². The van der Waals surface area contributed by atoms with Crippen LogP contribution >= 0.6 is 7.82 Å². The Morgan fingerprint density at radius 3 is 0.937 bits per heavy atom. The van der Waals surface area contributed by atoms with E-state index >= 15 is 0 Å². The van der Waals surface area contributed by atoms with E-state index in [0.29, 0.717) is 17.4 Å². The van der Waals surface area contributed by atoms with Gasteiger partial charge in [-0.15, -0.1) is 0 Å². The van der Waals surface area contributed by atoms with Crippen molar-refractivity contribution < 1.29 is 32.9 Å². The molecule has 0 saturated heterocycles. The molecule has 0 aliphatic heterocycles. The van der Waals surface area contributed by atoms with E-state index in [4.69, 9.17) is 9.05 Å². The summed E-state index contributed by atoms with van der Waals surface area (Å²) in [4.78, 5) is 23.4. The smallest absolute Gasteiger partial charge is 0.387 e. The molecule has 3 unspecified atom stereocenters. The van der Waals surface area contributed by atoms with E-state index in [0.717, 1.165) is 32.1 Å². The number of hydrogen-bond acceptors (Lipinski definition) is 5. The predicted molar refractivity (Wildman–Crippen MR) is 346 cm³/mol. The first-order valence-electron chi connectivity index (χ1n) is 35.6. The molecule has 0 rings (SSSR count). The number of allylic oxidation sites excluding steroid dienone is 1. The van der Waals surface area contributed by atoms with Gasteiger partial charge in [0.15, 0.2) is 0 Å². The van der Waals surface area contributed by atoms with Crippen molar-refractivity contribution in [1.29, 1.82) is 0 Å². The van der Waals surface area contributed by atoms with Crippen molar-refractivity contribution in [3.8, 4) is 0 Å². The molecule has 0 bridgehead atoms. The fourth-order valence-corrected chi connectivity index (χ4v) is 12.0. The van der Waals surface area contributed by atoms with Gasteiger partial charge in [0.1, 0.15) is 13.2 Å². The van der Waals surface area contributed by atoms with Crippen molar-refractivity contribution in [2.24, 2.45) is 0 Å². The number of carbonyl (C=O) groups is 1. The molecule has 0 aromatic rings. The van der Waals surface area contributed by atoms with Gasteiger partial charge in [-0.2, -0.15) is 0 Å². The first kappa shape index (κ1) is 78.2. The molecule has 0 aromatic carbocycles. The maximum atomic E-state index is 13.0. The number of nitrogens with one attached hydrogen (secondary N) is 1. The van der Waals surface area contributed by atoms with Gasteiger partial charge < -0.3 is 19.8 Å². The Morgan fingerprint density at radius 1 is 0.418 bits per heavy atom. The van der Waals surface area contributed by atoms with Gasteiger partial charge >= 0.3 is 7.82 Å². The van der Waals surface area contributed by atoms with Crippen molar-refractivity contribution in [1.82, 2.24) is 5.32 Å². The number of likely N-dealkylation sites (N-methyl/N-ethyl adjacent to an activating group) is 1. The molecular weight excluding hydrogens is 996 g/mol. The van der Waals surface area contributed by atoms with E-state index in [1.807, 2.05) is 27.2 Å². The molecule has 1 amide bonds. The van der Waals surface area contributed by atoms with Crippen molar-refractivity contribution in [3.63, 3.8) is 0 Å². The minimum atomic E-state index is -4.35. The minimum absolute atomic E-state index is 0.0655. The molecule has 0 saturated carbocycles. The zero-order valence-corrected chi connectivity index (χ0v) is 55.1. The lowest BCUT2D eigenvalue weighted by Crippen LogP contribution is -2.45. The van der Waals surface area contributed by atoms with E-state index in [9.17, 15) is 19.4 Å². The van der Waals surface area contributed by atoms with Gasteiger partial charge in [0.2, 0.25) is 5.91 Å². The lowest BCUT2D eigenvalue weighted by atomic mass is 10.0. The number of unbranched alkanes of at least 4 members (excludes halogenated alkanes) is 54. The zero-order chi connectivity index (χ0) is 57.7. The second kappa shape index (κ2) is 61.8. The summed E-state index contributed by atoms with van der Waals surface area (Å²) in [5.74, 6) is -0.167. The average molecular weight is 1140 g/mol. The zero-order valence-electron chi connectivity index (χ0n) is 54.2. The molecule has 9 heteroatoms. The van der Waals surface area contributed by atoms with Crippen LogP contribution in [0.25, 0.3) is 0 Å². The molecule has 0 aliphatic rings. The SMILES string of the molecule is CCCCCCCCCCCCCCCCCCCCCCC/C=C/C(O)C(COP(=O)(O)OCC[N+](C)(C)C)NC(=O)CCCCCCCCCCCCCCCCCCCCCCCCCCCCCCCCCCCC. The summed E-state index contributed by atoms with van der Waals surface area (Å²) in [5.41, 5.74) is 0. The molecule has 3 atom stereocenters. The third-order valence-electron chi connectivity index (χ3n) is 16.8. The van der Waals surface area contributed by atoms with Gasteiger partial charge in [-0.25, -0.2) is 4.57 Å². The summed E-state index contributed by atoms with van der Waals surface area (Å²) in [6.45, 7) is 4.89. The van der Waals surface area contributed by atoms with E-state index in [-0.39, 0.29) is 19.1 Å². The summed E-state index contributed by atoms with van der Waals surface area (Å²) in [7, 11) is 1.60. The maximum absolute atomic E-state index is 13.0. The van der Waals surface area contributed by atoms with Gasteiger partial charge in [-0.1, -0.05) is 366 Å². The van der Waals surface area contributed by atoms with Crippen LogP contribution in [-0.2, 0) is 18.4 Å². The Bertz CT molecular complexity index is 1290. The van der Waals surface area contributed by atoms with E-state index in [2.05, 4.69) is 19.2 Å². The summed E-state index contributed by atoms with van der Waals surface area (Å²) in [6.07, 6.45) is 79.4. The molecule has 0 fully saturated rings. The highest BCUT2D eigenvalue weighted by Crippen LogP contribution is 2.43. The Labute approximate surface area is 494 Å². The number of nitrogens with zero attached hydrogens (tertiary/aromatic N) is 1. The van der Waals surface area contributed by atoms with Crippen molar-refractivity contribution in [2.45, 2.75) is 392 Å². The van der Waals surface area contributed by atoms with Crippen LogP contribution in [0.4, 0.5) is 0 Å². The van der Waals surface area contributed by atoms with E-state index in [1.54, 1.807) is 6.08 Å². The number of aliphatic hydroxyl groups excluding tert-OH is 1. The fraction of sp³-hybridized carbons (Fsp3) is 0.957. The molecule has 3 N–H and O–H groups in total. The van der Waals surface area contributed by atoms with Gasteiger partial charge in [-0.3, -0.25) is 13.8 Å². The topological polar surface area (TPSA) is 105 Å². The first-order valence-corrected chi connectivity index (χ1v) is 37.1. The van der Waals surface area contributed by atoms with Crippen LogP contribution in [0.3, 0.4) is 0 Å². The summed E-state index contributed by atoms with van der Waals surface area (Å²) >= 11 is 0. The number of aliphatic hydroxyl groups is 1. The Kier molecular flexibility index (Phi) is 61.2. The second-order valence-corrected chi connectivity index (χ2v) is 27.4. The van der Waals surface area contributed by atoms with Crippen LogP contribution in [0, 0.1) is 0 Å². The Morgan fingerprint density at radius 2 is 0.671 bits per heavy atom. The van der Waals surface area contributed by atoms with Gasteiger partial charge in [-0.05, 0) is 19.3 Å². The molecular formula is C70H142N2O6P+. The predicted octanol–water partition coefficient (Wildman–Crippen LogP) is 22.5. The third kappa shape index (κ3) is 64.7. The summed E-state index contributed by atoms with van der Waals surface area (Å²) in [5, 5.41) is 14.0. The monoisotopic (exact) mass is 1140 g/mol. The molecule has 0 aliphatic carbocycles. The molecule has 0 heterocycles. The highest BCUT2D eigenvalue weighted by Gasteiger charge is 2.28. The lowest BCUT2D eigenvalue weighted by molar-refractivity contribution is -0.870. The quantitative estimate of drug-likeness (QED) is 0.0243. The number of amides is 1. The van der Waals surface area contributed by atoms with Crippen molar-refractivity contribution >= 4 is 13.7 Å². The molecule has 79 heavy (non-hydrogen) atoms. The van der Waals surface area contributed by atoms with Gasteiger partial charge in [0.05, 0.1) is 39.9 Å². The van der Waals surface area contributed by atoms with E-state index in [1.165, 1.54) is 327 Å². The Hall–Kier alpha value is -0.760. The fourth-order valence-electron chi connectivity index (χ4n) is 11.2. The number of quaternary nitrogens is 1. The van der Waals surface area contributed by atoms with Gasteiger partial charge in [0, 0.05) is 6.42 Å². The van der Waals surface area contributed by atoms with Crippen LogP contribution in [0.1, 0.15) is 380 Å². The molecule has 8 nitrogen and oxygen atoms in total. The highest BCUT2D eigenvalue weighted by molar-refractivity contribution is 7.47. The van der Waals surface area contributed by atoms with Crippen molar-refractivity contribution in [3.05, 3.63) is 12.2 Å². The standard InChI is InChI=1S/C70H141N2O6P/c1-6-8-10-12-14-16-18-20-22-24-26-28-30-31-32-33-34-35-36-37-38-39-40-42-44-46-48-50-52-54-56-58-60-62-64-70(74)71-68(67-78-79(75,76)77-66-65-72(3,4)5)69(73)63-61-59-57-55-53-51-49-47-45-43-41-29-27-25-23-21-19-17-15-13-11-9-7-2/h61,63,68-69,73H,6-60,62,64-67H2,1-5H3,(H-,71,74,75,76)/p+1/b63-61+. The average Bonchev–Trinajstić information content (AvgIpc) is 3.42. The highest BCUT2D eigenvalue weighted by atomic mass is 31.2. The number of rotatable bonds is 67. The first-order chi connectivity index (χ1) is 38.5. The normalized spacial score (nSPS) is 13.7. The molecule has 0 radical (unpaired) electrons. The largest absolute Gasteiger partial charge is 0.472 e. The summed E-state index contributed by atoms with van der Waals surface area (Å²) in [6, 6.07) is -0.843. The van der Waals surface area contributed by atoms with Crippen LogP contribution in [0.2, 0.25) is 0 Å². The summed E-state index contributed by atoms with van der Waals surface area (Å²) < 4.78 is 23.8. The maximum Gasteiger partial charge on any atom is 0.472 e. The van der Waals surface area contributed by atoms with Crippen LogP contribution in [-0.4, -0.2) is 73.4 Å². The number of hydrogen-bond donors (Lipinski definition) is 3. The molecule has 0 aromatic heterocycles. The Balaban J connectivity index is 3.98. The number of phosphoric acid groups is 1. The van der Waals surface area contributed by atoms with Crippen LogP contribution in [0.5, 0.6) is 0 Å². The van der Waals surface area contributed by atoms with Gasteiger partial charge in [0.25, 0.3) is 0 Å². The number of phosphoric ester groups is 1. The molecule has 0 spiro atoms. The number of carbonyl (C=O) groups excluding carboxylic acids is 1. The third-order valence-corrected chi connectivity index (χ3v) is 17.7.